The molecular formula is C9H11NO3S. The van der Waals surface area contributed by atoms with Crippen LogP contribution in [0, 0.1) is 0 Å². The molecule has 0 spiro atoms. The summed E-state index contributed by atoms with van der Waals surface area (Å²) < 4.78 is 24.1. The molecule has 14 heavy (non-hydrogen) atoms. The lowest BCUT2D eigenvalue weighted by Crippen LogP contribution is -2.31. The molecule has 4 nitrogen and oxygen atoms in total. The first-order chi connectivity index (χ1) is 6.46. The second-order valence-electron chi connectivity index (χ2n) is 2.80. The number of amides is 1. The van der Waals surface area contributed by atoms with Gasteiger partial charge in [-0.1, -0.05) is 18.2 Å². The molecular weight excluding hydrogens is 202 g/mol. The maximum Gasteiger partial charge on any atom is 0.266 e. The summed E-state index contributed by atoms with van der Waals surface area (Å²) >= 11 is 0. The van der Waals surface area contributed by atoms with Crippen LogP contribution >= 0.6 is 0 Å². The predicted octanol–water partition coefficient (Wildman–Crippen LogP) is 0.854. The van der Waals surface area contributed by atoms with Gasteiger partial charge in [0.15, 0.2) is 0 Å². The fourth-order valence-electron chi connectivity index (χ4n) is 0.920. The van der Waals surface area contributed by atoms with E-state index in [0.29, 0.717) is 0 Å². The van der Waals surface area contributed by atoms with E-state index in [1.807, 2.05) is 0 Å². The smallest absolute Gasteiger partial charge is 0.266 e. The van der Waals surface area contributed by atoms with E-state index in [1.165, 1.54) is 26.1 Å². The van der Waals surface area contributed by atoms with Crippen LogP contribution in [-0.2, 0) is 14.8 Å². The third kappa shape index (κ3) is 1.93. The van der Waals surface area contributed by atoms with E-state index in [9.17, 15) is 13.2 Å². The van der Waals surface area contributed by atoms with Crippen LogP contribution in [0.2, 0.25) is 0 Å². The molecule has 76 valence electrons. The quantitative estimate of drug-likeness (QED) is 0.732. The molecule has 0 aromatic heterocycles. The maximum atomic E-state index is 11.7. The van der Waals surface area contributed by atoms with E-state index < -0.39 is 15.9 Å². The summed E-state index contributed by atoms with van der Waals surface area (Å²) in [7, 11) is -2.41. The molecule has 1 aromatic carbocycles. The van der Waals surface area contributed by atoms with Gasteiger partial charge in [0.05, 0.1) is 4.90 Å². The molecule has 0 aliphatic carbocycles. The Morgan fingerprint density at radius 1 is 1.21 bits per heavy atom. The number of carbonyl (C=O) groups excluding carboxylic acids is 1. The van der Waals surface area contributed by atoms with Crippen molar-refractivity contribution in [3.05, 3.63) is 30.3 Å². The molecule has 0 bridgehead atoms. The molecule has 0 aliphatic heterocycles. The summed E-state index contributed by atoms with van der Waals surface area (Å²) in [6, 6.07) is 7.85. The van der Waals surface area contributed by atoms with E-state index in [2.05, 4.69) is 0 Å². The van der Waals surface area contributed by atoms with Gasteiger partial charge < -0.3 is 0 Å². The maximum absolute atomic E-state index is 11.7. The Kier molecular flexibility index (Phi) is 2.90. The number of carbonyl (C=O) groups is 1. The van der Waals surface area contributed by atoms with Crippen molar-refractivity contribution >= 4 is 15.9 Å². The number of hydrogen-bond acceptors (Lipinski definition) is 3. The molecule has 1 amide bonds. The Morgan fingerprint density at radius 2 is 1.71 bits per heavy atom. The number of hydrogen-bond donors (Lipinski definition) is 0. The topological polar surface area (TPSA) is 54.5 Å². The van der Waals surface area contributed by atoms with Gasteiger partial charge >= 0.3 is 0 Å². The molecule has 0 N–H and O–H groups in total. The van der Waals surface area contributed by atoms with Crippen molar-refractivity contribution in [1.82, 2.24) is 4.31 Å². The predicted molar refractivity (Wildman–Crippen MR) is 52.1 cm³/mol. The highest BCUT2D eigenvalue weighted by Gasteiger charge is 2.21. The Hall–Kier alpha value is -1.36. The molecule has 5 heteroatoms. The first kappa shape index (κ1) is 10.7. The minimum Gasteiger partial charge on any atom is -0.274 e. The van der Waals surface area contributed by atoms with Crippen molar-refractivity contribution < 1.29 is 13.2 Å². The summed E-state index contributed by atoms with van der Waals surface area (Å²) in [4.78, 5) is 11.0. The molecule has 0 fully saturated rings. The Balaban J connectivity index is 3.16. The van der Waals surface area contributed by atoms with Gasteiger partial charge in [0, 0.05) is 14.0 Å². The lowest BCUT2D eigenvalue weighted by atomic mass is 10.4. The molecule has 0 radical (unpaired) electrons. The number of nitrogens with zero attached hydrogens (tertiary/aromatic N) is 1. The number of sulfonamides is 1. The summed E-state index contributed by atoms with van der Waals surface area (Å²) in [5.74, 6) is -0.506. The van der Waals surface area contributed by atoms with Crippen LogP contribution in [0.15, 0.2) is 35.2 Å². The van der Waals surface area contributed by atoms with Gasteiger partial charge in [0.1, 0.15) is 0 Å². The standard InChI is InChI=1S/C9H11NO3S/c1-8(11)10(2)14(12,13)9-6-4-3-5-7-9/h3-7H,1-2H3. The molecule has 0 unspecified atom stereocenters. The van der Waals surface area contributed by atoms with Crippen LogP contribution in [-0.4, -0.2) is 25.7 Å². The molecule has 1 rings (SSSR count). The second-order valence-corrected chi connectivity index (χ2v) is 4.77. The lowest BCUT2D eigenvalue weighted by Gasteiger charge is -2.14. The highest BCUT2D eigenvalue weighted by Crippen LogP contribution is 2.12. The minimum atomic E-state index is -3.65. The van der Waals surface area contributed by atoms with Crippen LogP contribution in [0.25, 0.3) is 0 Å². The molecule has 0 saturated carbocycles. The van der Waals surface area contributed by atoms with Crippen molar-refractivity contribution in [3.8, 4) is 0 Å². The molecule has 0 heterocycles. The second kappa shape index (κ2) is 3.79. The van der Waals surface area contributed by atoms with Crippen molar-refractivity contribution in [2.45, 2.75) is 11.8 Å². The Bertz CT molecular complexity index is 425. The van der Waals surface area contributed by atoms with Gasteiger partial charge in [0.25, 0.3) is 10.0 Å². The molecule has 0 saturated heterocycles. The van der Waals surface area contributed by atoms with Gasteiger partial charge in [-0.2, -0.15) is 0 Å². The van der Waals surface area contributed by atoms with Gasteiger partial charge in [-0.15, -0.1) is 0 Å². The van der Waals surface area contributed by atoms with E-state index in [-0.39, 0.29) is 4.90 Å². The summed E-state index contributed by atoms with van der Waals surface area (Å²) in [6.45, 7) is 1.21. The summed E-state index contributed by atoms with van der Waals surface area (Å²) in [5, 5.41) is 0. The number of benzene rings is 1. The summed E-state index contributed by atoms with van der Waals surface area (Å²) in [5.41, 5.74) is 0. The zero-order chi connectivity index (χ0) is 10.8. The lowest BCUT2D eigenvalue weighted by molar-refractivity contribution is -0.123. The van der Waals surface area contributed by atoms with Gasteiger partial charge in [-0.25, -0.2) is 12.7 Å². The monoisotopic (exact) mass is 213 g/mol. The Labute approximate surface area is 83.2 Å². The van der Waals surface area contributed by atoms with Crippen molar-refractivity contribution in [3.63, 3.8) is 0 Å². The van der Waals surface area contributed by atoms with Crippen LogP contribution in [0.3, 0.4) is 0 Å². The average molecular weight is 213 g/mol. The third-order valence-corrected chi connectivity index (χ3v) is 3.69. The van der Waals surface area contributed by atoms with E-state index in [1.54, 1.807) is 18.2 Å². The van der Waals surface area contributed by atoms with Crippen LogP contribution in [0.4, 0.5) is 0 Å². The first-order valence-electron chi connectivity index (χ1n) is 4.01. The minimum absolute atomic E-state index is 0.123. The van der Waals surface area contributed by atoms with Crippen LogP contribution < -0.4 is 0 Å². The fourth-order valence-corrected chi connectivity index (χ4v) is 2.08. The van der Waals surface area contributed by atoms with Crippen molar-refractivity contribution in [2.75, 3.05) is 7.05 Å². The van der Waals surface area contributed by atoms with Gasteiger partial charge in [-0.3, -0.25) is 4.79 Å². The third-order valence-electron chi connectivity index (χ3n) is 1.85. The molecule has 1 aromatic rings. The van der Waals surface area contributed by atoms with Gasteiger partial charge in [-0.05, 0) is 12.1 Å². The summed E-state index contributed by atoms with van der Waals surface area (Å²) in [6.07, 6.45) is 0. The van der Waals surface area contributed by atoms with Crippen LogP contribution in [0.5, 0.6) is 0 Å². The number of rotatable bonds is 2. The highest BCUT2D eigenvalue weighted by molar-refractivity contribution is 7.89. The van der Waals surface area contributed by atoms with Gasteiger partial charge in [0.2, 0.25) is 5.91 Å². The fraction of sp³-hybridized carbons (Fsp3) is 0.222. The van der Waals surface area contributed by atoms with E-state index >= 15 is 0 Å². The van der Waals surface area contributed by atoms with Crippen molar-refractivity contribution in [2.24, 2.45) is 0 Å². The Morgan fingerprint density at radius 3 is 2.14 bits per heavy atom. The first-order valence-corrected chi connectivity index (χ1v) is 5.45. The molecule has 0 aliphatic rings. The van der Waals surface area contributed by atoms with E-state index in [0.717, 1.165) is 4.31 Å². The SMILES string of the molecule is CC(=O)N(C)S(=O)(=O)c1ccccc1. The highest BCUT2D eigenvalue weighted by atomic mass is 32.2. The van der Waals surface area contributed by atoms with E-state index in [4.69, 9.17) is 0 Å². The zero-order valence-corrected chi connectivity index (χ0v) is 8.78. The molecule has 0 atom stereocenters. The van der Waals surface area contributed by atoms with Crippen molar-refractivity contribution in [1.29, 1.82) is 0 Å². The van der Waals surface area contributed by atoms with Crippen LogP contribution in [0.1, 0.15) is 6.92 Å². The normalized spacial score (nSPS) is 11.0. The zero-order valence-electron chi connectivity index (χ0n) is 7.97. The largest absolute Gasteiger partial charge is 0.274 e. The average Bonchev–Trinajstić information content (AvgIpc) is 2.18.